The quantitative estimate of drug-likeness (QED) is 0.608. The fourth-order valence-electron chi connectivity index (χ4n) is 3.42. The molecular weight excluding hydrogens is 334 g/mol. The van der Waals surface area contributed by atoms with E-state index in [2.05, 4.69) is 11.4 Å². The minimum atomic E-state index is -0.279. The van der Waals surface area contributed by atoms with Crippen molar-refractivity contribution in [1.29, 1.82) is 5.26 Å². The summed E-state index contributed by atoms with van der Waals surface area (Å²) in [5.41, 5.74) is 2.20. The van der Waals surface area contributed by atoms with Crippen molar-refractivity contribution in [3.63, 3.8) is 0 Å². The summed E-state index contributed by atoms with van der Waals surface area (Å²) >= 11 is 0. The Morgan fingerprint density at radius 3 is 2.30 bits per heavy atom. The highest BCUT2D eigenvalue weighted by atomic mass is 16.1. The molecule has 1 N–H and O–H groups in total. The number of carbonyl (C=O) groups excluding carboxylic acids is 1. The normalized spacial score (nSPS) is 15.0. The highest BCUT2D eigenvalue weighted by Gasteiger charge is 2.19. The Balaban J connectivity index is 1.81. The standard InChI is InChI=1S/C23H25N3O/c24-16-20(23(27)25-21-12-6-2-7-13-21)18-26(22-14-8-3-9-15-22)17-19-10-4-1-5-11-19/h1,3-5,8-11,14-15,18,21H,2,6-7,12-13,17H2,(H,25,27)/b20-18-. The molecule has 0 atom stereocenters. The number of amides is 1. The van der Waals surface area contributed by atoms with Crippen molar-refractivity contribution in [3.05, 3.63) is 78.0 Å². The number of nitrogens with zero attached hydrogens (tertiary/aromatic N) is 2. The monoisotopic (exact) mass is 359 g/mol. The maximum absolute atomic E-state index is 12.6. The second-order valence-electron chi connectivity index (χ2n) is 6.91. The first-order chi connectivity index (χ1) is 13.3. The van der Waals surface area contributed by atoms with Gasteiger partial charge in [-0.1, -0.05) is 67.8 Å². The van der Waals surface area contributed by atoms with Crippen LogP contribution in [0.15, 0.2) is 72.4 Å². The van der Waals surface area contributed by atoms with Crippen LogP contribution in [0.2, 0.25) is 0 Å². The summed E-state index contributed by atoms with van der Waals surface area (Å²) in [6.07, 6.45) is 7.17. The molecule has 4 heteroatoms. The Kier molecular flexibility index (Phi) is 6.65. The second kappa shape index (κ2) is 9.59. The lowest BCUT2D eigenvalue weighted by atomic mass is 9.95. The molecule has 2 aromatic carbocycles. The summed E-state index contributed by atoms with van der Waals surface area (Å²) in [6.45, 7) is 0.590. The van der Waals surface area contributed by atoms with E-state index in [-0.39, 0.29) is 17.5 Å². The molecule has 1 fully saturated rings. The third kappa shape index (κ3) is 5.46. The van der Waals surface area contributed by atoms with E-state index in [0.29, 0.717) is 6.54 Å². The van der Waals surface area contributed by atoms with Gasteiger partial charge in [-0.3, -0.25) is 4.79 Å². The van der Waals surface area contributed by atoms with Crippen molar-refractivity contribution in [2.45, 2.75) is 44.7 Å². The number of hydrogen-bond acceptors (Lipinski definition) is 3. The molecule has 0 spiro atoms. The molecular formula is C23H25N3O. The van der Waals surface area contributed by atoms with Crippen LogP contribution < -0.4 is 10.2 Å². The molecule has 0 aliphatic heterocycles. The SMILES string of the molecule is N#C/C(=C/N(Cc1ccccc1)c1ccccc1)C(=O)NC1CCCCC1. The van der Waals surface area contributed by atoms with Gasteiger partial charge in [-0.25, -0.2) is 0 Å². The maximum Gasteiger partial charge on any atom is 0.263 e. The van der Waals surface area contributed by atoms with Crippen molar-refractivity contribution in [1.82, 2.24) is 5.32 Å². The first-order valence-corrected chi connectivity index (χ1v) is 9.54. The lowest BCUT2D eigenvalue weighted by Gasteiger charge is -2.24. The number of para-hydroxylation sites is 1. The first kappa shape index (κ1) is 18.7. The third-order valence-corrected chi connectivity index (χ3v) is 4.87. The van der Waals surface area contributed by atoms with E-state index in [1.165, 1.54) is 6.42 Å². The number of anilines is 1. The van der Waals surface area contributed by atoms with E-state index in [9.17, 15) is 10.1 Å². The molecule has 138 valence electrons. The number of benzene rings is 2. The van der Waals surface area contributed by atoms with Crippen molar-refractivity contribution < 1.29 is 4.79 Å². The highest BCUT2D eigenvalue weighted by molar-refractivity contribution is 5.97. The van der Waals surface area contributed by atoms with E-state index in [0.717, 1.165) is 36.9 Å². The van der Waals surface area contributed by atoms with Gasteiger partial charge in [0.15, 0.2) is 0 Å². The molecule has 0 aromatic heterocycles. The summed E-state index contributed by atoms with van der Waals surface area (Å²) in [4.78, 5) is 14.6. The lowest BCUT2D eigenvalue weighted by Crippen LogP contribution is -2.37. The fourth-order valence-corrected chi connectivity index (χ4v) is 3.42. The Bertz CT molecular complexity index is 803. The Morgan fingerprint density at radius 1 is 1.04 bits per heavy atom. The van der Waals surface area contributed by atoms with Crippen LogP contribution in [0.3, 0.4) is 0 Å². The number of rotatable bonds is 6. The summed E-state index contributed by atoms with van der Waals surface area (Å²) in [5, 5.41) is 12.6. The van der Waals surface area contributed by atoms with Crippen LogP contribution in [0, 0.1) is 11.3 Å². The summed E-state index contributed by atoms with van der Waals surface area (Å²) in [6, 6.07) is 22.1. The van der Waals surface area contributed by atoms with Gasteiger partial charge < -0.3 is 10.2 Å². The van der Waals surface area contributed by atoms with Crippen LogP contribution in [-0.4, -0.2) is 11.9 Å². The third-order valence-electron chi connectivity index (χ3n) is 4.87. The molecule has 0 unspecified atom stereocenters. The van der Waals surface area contributed by atoms with Gasteiger partial charge in [0.2, 0.25) is 0 Å². The van der Waals surface area contributed by atoms with Crippen LogP contribution in [0.25, 0.3) is 0 Å². The van der Waals surface area contributed by atoms with Crippen LogP contribution in [0.1, 0.15) is 37.7 Å². The van der Waals surface area contributed by atoms with Gasteiger partial charge in [0.25, 0.3) is 5.91 Å². The van der Waals surface area contributed by atoms with Gasteiger partial charge in [-0.2, -0.15) is 5.26 Å². The average Bonchev–Trinajstić information content (AvgIpc) is 2.73. The zero-order valence-electron chi connectivity index (χ0n) is 15.5. The van der Waals surface area contributed by atoms with Crippen molar-refractivity contribution in [3.8, 4) is 6.07 Å². The predicted octanol–water partition coefficient (Wildman–Crippen LogP) is 4.55. The summed E-state index contributed by atoms with van der Waals surface area (Å²) < 4.78 is 0. The predicted molar refractivity (Wildman–Crippen MR) is 108 cm³/mol. The summed E-state index contributed by atoms with van der Waals surface area (Å²) in [5.74, 6) is -0.279. The molecule has 0 heterocycles. The molecule has 3 rings (SSSR count). The topological polar surface area (TPSA) is 56.1 Å². The molecule has 2 aromatic rings. The molecule has 1 saturated carbocycles. The fraction of sp³-hybridized carbons (Fsp3) is 0.304. The zero-order chi connectivity index (χ0) is 18.9. The van der Waals surface area contributed by atoms with Crippen LogP contribution in [0.5, 0.6) is 0 Å². The van der Waals surface area contributed by atoms with Crippen molar-refractivity contribution >= 4 is 11.6 Å². The first-order valence-electron chi connectivity index (χ1n) is 9.54. The zero-order valence-corrected chi connectivity index (χ0v) is 15.5. The maximum atomic E-state index is 12.6. The molecule has 0 saturated heterocycles. The molecule has 0 radical (unpaired) electrons. The molecule has 4 nitrogen and oxygen atoms in total. The van der Waals surface area contributed by atoms with E-state index in [4.69, 9.17) is 0 Å². The van der Waals surface area contributed by atoms with E-state index in [1.54, 1.807) is 6.20 Å². The van der Waals surface area contributed by atoms with Crippen molar-refractivity contribution in [2.75, 3.05) is 4.90 Å². The Morgan fingerprint density at radius 2 is 1.67 bits per heavy atom. The Labute approximate surface area is 161 Å². The summed E-state index contributed by atoms with van der Waals surface area (Å²) in [7, 11) is 0. The average molecular weight is 359 g/mol. The van der Waals surface area contributed by atoms with Gasteiger partial charge >= 0.3 is 0 Å². The second-order valence-corrected chi connectivity index (χ2v) is 6.91. The van der Waals surface area contributed by atoms with Crippen LogP contribution >= 0.6 is 0 Å². The van der Waals surface area contributed by atoms with Gasteiger partial charge in [0, 0.05) is 24.5 Å². The Hall–Kier alpha value is -3.06. The minimum Gasteiger partial charge on any atom is -0.349 e. The van der Waals surface area contributed by atoms with E-state index >= 15 is 0 Å². The number of carbonyl (C=O) groups is 1. The minimum absolute atomic E-state index is 0.139. The molecule has 0 bridgehead atoms. The highest BCUT2D eigenvalue weighted by Crippen LogP contribution is 2.20. The van der Waals surface area contributed by atoms with Gasteiger partial charge in [0.05, 0.1) is 0 Å². The van der Waals surface area contributed by atoms with Gasteiger partial charge in [-0.15, -0.1) is 0 Å². The number of nitriles is 1. The number of nitrogens with one attached hydrogen (secondary N) is 1. The van der Waals surface area contributed by atoms with Gasteiger partial charge in [-0.05, 0) is 30.5 Å². The van der Waals surface area contributed by atoms with Crippen LogP contribution in [0.4, 0.5) is 5.69 Å². The van der Waals surface area contributed by atoms with Crippen molar-refractivity contribution in [2.24, 2.45) is 0 Å². The van der Waals surface area contributed by atoms with Gasteiger partial charge in [0.1, 0.15) is 11.6 Å². The molecule has 1 aliphatic carbocycles. The number of hydrogen-bond donors (Lipinski definition) is 1. The van der Waals surface area contributed by atoms with E-state index < -0.39 is 0 Å². The molecule has 1 amide bonds. The molecule has 27 heavy (non-hydrogen) atoms. The molecule has 1 aliphatic rings. The lowest BCUT2D eigenvalue weighted by molar-refractivity contribution is -0.118. The van der Waals surface area contributed by atoms with Crippen LogP contribution in [-0.2, 0) is 11.3 Å². The smallest absolute Gasteiger partial charge is 0.263 e. The van der Waals surface area contributed by atoms with E-state index in [1.807, 2.05) is 65.6 Å². The largest absolute Gasteiger partial charge is 0.349 e.